The Morgan fingerprint density at radius 1 is 1.13 bits per heavy atom. The molecule has 0 heterocycles. The summed E-state index contributed by atoms with van der Waals surface area (Å²) in [7, 11) is 1.71. The molecule has 1 aliphatic carbocycles. The van der Waals surface area contributed by atoms with Crippen LogP contribution < -0.4 is 5.32 Å². The van der Waals surface area contributed by atoms with Crippen molar-refractivity contribution in [3.8, 4) is 0 Å². The van der Waals surface area contributed by atoms with Crippen LogP contribution in [0.1, 0.15) is 64.2 Å². The number of hydrogen-bond acceptors (Lipinski definition) is 1. The maximum Gasteiger partial charge on any atom is 0.219 e. The highest BCUT2D eigenvalue weighted by atomic mass is 16.1. The van der Waals surface area contributed by atoms with E-state index in [0.29, 0.717) is 6.42 Å². The Hall–Kier alpha value is -0.530. The summed E-state index contributed by atoms with van der Waals surface area (Å²) in [4.78, 5) is 11.0. The third-order valence-electron chi connectivity index (χ3n) is 3.52. The number of amides is 1. The molecule has 1 N–H and O–H groups in total. The van der Waals surface area contributed by atoms with Gasteiger partial charge in [0.2, 0.25) is 5.91 Å². The molecule has 0 atom stereocenters. The molecule has 0 radical (unpaired) electrons. The molecule has 88 valence electrons. The average Bonchev–Trinajstić information content (AvgIpc) is 2.29. The van der Waals surface area contributed by atoms with Crippen molar-refractivity contribution in [1.29, 1.82) is 0 Å². The molecule has 2 nitrogen and oxygen atoms in total. The van der Waals surface area contributed by atoms with Crippen molar-refractivity contribution in [2.75, 3.05) is 7.05 Å². The standard InChI is InChI=1S/C13H25NO/c1-14-13(15)11-7-3-6-10-12-8-4-2-5-9-12/h12H,2-11H2,1H3,(H,14,15). The van der Waals surface area contributed by atoms with Crippen LogP contribution in [0.4, 0.5) is 0 Å². The third-order valence-corrected chi connectivity index (χ3v) is 3.52. The van der Waals surface area contributed by atoms with Crippen LogP contribution in [0.3, 0.4) is 0 Å². The summed E-state index contributed by atoms with van der Waals surface area (Å²) in [5, 5.41) is 2.67. The highest BCUT2D eigenvalue weighted by molar-refractivity contribution is 5.75. The van der Waals surface area contributed by atoms with E-state index in [2.05, 4.69) is 5.32 Å². The summed E-state index contributed by atoms with van der Waals surface area (Å²) in [6.45, 7) is 0. The summed E-state index contributed by atoms with van der Waals surface area (Å²) in [6.07, 6.45) is 13.0. The molecule has 0 aliphatic heterocycles. The Morgan fingerprint density at radius 2 is 1.87 bits per heavy atom. The fourth-order valence-electron chi connectivity index (χ4n) is 2.50. The normalized spacial score (nSPS) is 17.7. The quantitative estimate of drug-likeness (QED) is 0.671. The van der Waals surface area contributed by atoms with Gasteiger partial charge in [0.1, 0.15) is 0 Å². The molecular weight excluding hydrogens is 186 g/mol. The minimum atomic E-state index is 0.188. The third kappa shape index (κ3) is 5.81. The zero-order valence-electron chi connectivity index (χ0n) is 10.1. The van der Waals surface area contributed by atoms with Crippen LogP contribution in [0.25, 0.3) is 0 Å². The molecule has 1 aliphatic rings. The van der Waals surface area contributed by atoms with Crippen LogP contribution in [-0.4, -0.2) is 13.0 Å². The Kier molecular flexibility index (Phi) is 6.45. The van der Waals surface area contributed by atoms with Crippen LogP contribution in [0.5, 0.6) is 0 Å². The molecule has 0 aromatic heterocycles. The predicted molar refractivity (Wildman–Crippen MR) is 63.7 cm³/mol. The van der Waals surface area contributed by atoms with Crippen molar-refractivity contribution in [3.63, 3.8) is 0 Å². The molecule has 15 heavy (non-hydrogen) atoms. The molecule has 0 aromatic carbocycles. The van der Waals surface area contributed by atoms with Crippen molar-refractivity contribution < 1.29 is 4.79 Å². The van der Waals surface area contributed by atoms with Crippen LogP contribution in [0, 0.1) is 5.92 Å². The number of nitrogens with one attached hydrogen (secondary N) is 1. The second-order valence-electron chi connectivity index (χ2n) is 4.78. The maximum absolute atomic E-state index is 11.0. The number of carbonyl (C=O) groups is 1. The lowest BCUT2D eigenvalue weighted by Crippen LogP contribution is -2.16. The van der Waals surface area contributed by atoms with E-state index < -0.39 is 0 Å². The fraction of sp³-hybridized carbons (Fsp3) is 0.923. The Bertz CT molecular complexity index is 173. The summed E-state index contributed by atoms with van der Waals surface area (Å²) >= 11 is 0. The van der Waals surface area contributed by atoms with Gasteiger partial charge >= 0.3 is 0 Å². The first kappa shape index (κ1) is 12.5. The summed E-state index contributed by atoms with van der Waals surface area (Å²) in [5.74, 6) is 1.19. The molecular formula is C13H25NO. The van der Waals surface area contributed by atoms with Gasteiger partial charge in [0.15, 0.2) is 0 Å². The van der Waals surface area contributed by atoms with Crippen LogP contribution in [-0.2, 0) is 4.79 Å². The van der Waals surface area contributed by atoms with E-state index in [1.165, 1.54) is 51.4 Å². The predicted octanol–water partition coefficient (Wildman–Crippen LogP) is 3.26. The average molecular weight is 211 g/mol. The number of hydrogen-bond donors (Lipinski definition) is 1. The first-order chi connectivity index (χ1) is 7.33. The van der Waals surface area contributed by atoms with E-state index in [9.17, 15) is 4.79 Å². The van der Waals surface area contributed by atoms with Gasteiger partial charge in [-0.25, -0.2) is 0 Å². The van der Waals surface area contributed by atoms with Gasteiger partial charge < -0.3 is 5.32 Å². The highest BCUT2D eigenvalue weighted by Crippen LogP contribution is 2.27. The number of rotatable bonds is 6. The van der Waals surface area contributed by atoms with Crippen LogP contribution in [0.2, 0.25) is 0 Å². The molecule has 1 saturated carbocycles. The van der Waals surface area contributed by atoms with E-state index in [1.807, 2.05) is 0 Å². The van der Waals surface area contributed by atoms with E-state index in [1.54, 1.807) is 7.05 Å². The Morgan fingerprint density at radius 3 is 2.53 bits per heavy atom. The fourth-order valence-corrected chi connectivity index (χ4v) is 2.50. The second kappa shape index (κ2) is 7.72. The van der Waals surface area contributed by atoms with Gasteiger partial charge in [-0.15, -0.1) is 0 Å². The SMILES string of the molecule is CNC(=O)CCCCCC1CCCCC1. The van der Waals surface area contributed by atoms with Gasteiger partial charge in [0.25, 0.3) is 0 Å². The minimum absolute atomic E-state index is 0.188. The Balaban J connectivity index is 1.89. The van der Waals surface area contributed by atoms with Crippen LogP contribution >= 0.6 is 0 Å². The van der Waals surface area contributed by atoms with E-state index in [-0.39, 0.29) is 5.91 Å². The van der Waals surface area contributed by atoms with Crippen LogP contribution in [0.15, 0.2) is 0 Å². The lowest BCUT2D eigenvalue weighted by Gasteiger charge is -2.21. The highest BCUT2D eigenvalue weighted by Gasteiger charge is 2.12. The first-order valence-corrected chi connectivity index (χ1v) is 6.53. The lowest BCUT2D eigenvalue weighted by atomic mass is 9.85. The summed E-state index contributed by atoms with van der Waals surface area (Å²) in [5.41, 5.74) is 0. The molecule has 0 unspecified atom stereocenters. The molecule has 0 aromatic rings. The van der Waals surface area contributed by atoms with Crippen molar-refractivity contribution in [2.24, 2.45) is 5.92 Å². The molecule has 2 heteroatoms. The van der Waals surface area contributed by atoms with Crippen molar-refractivity contribution in [2.45, 2.75) is 64.2 Å². The zero-order chi connectivity index (χ0) is 10.9. The van der Waals surface area contributed by atoms with Crippen molar-refractivity contribution >= 4 is 5.91 Å². The maximum atomic E-state index is 11.0. The monoisotopic (exact) mass is 211 g/mol. The van der Waals surface area contributed by atoms with E-state index in [0.717, 1.165) is 12.3 Å². The van der Waals surface area contributed by atoms with Gasteiger partial charge in [-0.3, -0.25) is 4.79 Å². The smallest absolute Gasteiger partial charge is 0.219 e. The number of carbonyl (C=O) groups excluding carboxylic acids is 1. The largest absolute Gasteiger partial charge is 0.359 e. The molecule has 0 saturated heterocycles. The molecule has 1 fully saturated rings. The molecule has 0 spiro atoms. The number of unbranched alkanes of at least 4 members (excludes halogenated alkanes) is 2. The molecule has 1 rings (SSSR count). The first-order valence-electron chi connectivity index (χ1n) is 6.53. The molecule has 1 amide bonds. The Labute approximate surface area is 93.8 Å². The van der Waals surface area contributed by atoms with Gasteiger partial charge in [0.05, 0.1) is 0 Å². The minimum Gasteiger partial charge on any atom is -0.359 e. The molecule has 0 bridgehead atoms. The van der Waals surface area contributed by atoms with Gasteiger partial charge in [-0.05, 0) is 12.3 Å². The van der Waals surface area contributed by atoms with Gasteiger partial charge in [0, 0.05) is 13.5 Å². The van der Waals surface area contributed by atoms with Gasteiger partial charge in [-0.2, -0.15) is 0 Å². The van der Waals surface area contributed by atoms with E-state index >= 15 is 0 Å². The summed E-state index contributed by atoms with van der Waals surface area (Å²) in [6, 6.07) is 0. The van der Waals surface area contributed by atoms with Crippen molar-refractivity contribution in [3.05, 3.63) is 0 Å². The van der Waals surface area contributed by atoms with Gasteiger partial charge in [-0.1, -0.05) is 51.4 Å². The topological polar surface area (TPSA) is 29.1 Å². The van der Waals surface area contributed by atoms with Crippen molar-refractivity contribution in [1.82, 2.24) is 5.32 Å². The lowest BCUT2D eigenvalue weighted by molar-refractivity contribution is -0.120. The van der Waals surface area contributed by atoms with E-state index in [4.69, 9.17) is 0 Å². The zero-order valence-corrected chi connectivity index (χ0v) is 10.1. The second-order valence-corrected chi connectivity index (χ2v) is 4.78. The summed E-state index contributed by atoms with van der Waals surface area (Å²) < 4.78 is 0.